The predicted octanol–water partition coefficient (Wildman–Crippen LogP) is 4.09. The second kappa shape index (κ2) is 7.54. The fraction of sp³-hybridized carbons (Fsp3) is 0.400. The number of benzene rings is 1. The van der Waals surface area contributed by atoms with Crippen molar-refractivity contribution in [2.24, 2.45) is 0 Å². The summed E-state index contributed by atoms with van der Waals surface area (Å²) in [5.74, 6) is -1.62. The normalized spacial score (nSPS) is 17.7. The van der Waals surface area contributed by atoms with Crippen LogP contribution in [-0.2, 0) is 19.1 Å². The molecule has 1 aromatic rings. The number of carbonyl (C=O) groups excluding carboxylic acids is 2. The first-order valence-electron chi connectivity index (χ1n) is 8.31. The maximum atomic E-state index is 12.9. The first-order valence-corrected chi connectivity index (χ1v) is 8.68. The summed E-state index contributed by atoms with van der Waals surface area (Å²) in [7, 11) is 1.32. The van der Waals surface area contributed by atoms with Crippen LogP contribution in [0, 0.1) is 0 Å². The van der Waals surface area contributed by atoms with Crippen LogP contribution in [0.5, 0.6) is 0 Å². The van der Waals surface area contributed by atoms with Crippen molar-refractivity contribution in [3.63, 3.8) is 0 Å². The van der Waals surface area contributed by atoms with E-state index in [-0.39, 0.29) is 0 Å². The molecule has 0 unspecified atom stereocenters. The second-order valence-corrected chi connectivity index (χ2v) is 7.62. The van der Waals surface area contributed by atoms with Crippen LogP contribution in [0.1, 0.15) is 46.1 Å². The van der Waals surface area contributed by atoms with Gasteiger partial charge in [-0.25, -0.2) is 9.59 Å². The topological polar surface area (TPSA) is 64.6 Å². The average Bonchev–Trinajstić information content (AvgIpc) is 2.51. The average molecular weight is 378 g/mol. The quantitative estimate of drug-likeness (QED) is 0.804. The van der Waals surface area contributed by atoms with Crippen LogP contribution in [0.4, 0.5) is 0 Å². The van der Waals surface area contributed by atoms with Crippen molar-refractivity contribution >= 4 is 23.5 Å². The molecule has 2 rings (SSSR count). The molecule has 0 spiro atoms. The summed E-state index contributed by atoms with van der Waals surface area (Å²) in [6, 6.07) is 7.09. The molecule has 0 amide bonds. The Morgan fingerprint density at radius 3 is 2.15 bits per heavy atom. The van der Waals surface area contributed by atoms with E-state index in [4.69, 9.17) is 21.1 Å². The van der Waals surface area contributed by atoms with Crippen molar-refractivity contribution in [3.05, 3.63) is 57.4 Å². The third-order valence-electron chi connectivity index (χ3n) is 3.97. The number of rotatable bonds is 3. The number of hydrogen-bond donors (Lipinski definition) is 1. The van der Waals surface area contributed by atoms with Gasteiger partial charge < -0.3 is 14.8 Å². The van der Waals surface area contributed by atoms with Gasteiger partial charge in [0.1, 0.15) is 5.60 Å². The van der Waals surface area contributed by atoms with Gasteiger partial charge in [-0.1, -0.05) is 23.7 Å². The Morgan fingerprint density at radius 2 is 1.65 bits per heavy atom. The third kappa shape index (κ3) is 4.28. The largest absolute Gasteiger partial charge is 0.466 e. The van der Waals surface area contributed by atoms with Crippen LogP contribution >= 0.6 is 11.6 Å². The molecule has 6 heteroatoms. The number of nitrogens with one attached hydrogen (secondary N) is 1. The van der Waals surface area contributed by atoms with E-state index in [1.54, 1.807) is 52.8 Å². The number of methoxy groups -OCH3 is 1. The van der Waals surface area contributed by atoms with Gasteiger partial charge in [0.15, 0.2) is 0 Å². The van der Waals surface area contributed by atoms with Gasteiger partial charge in [0, 0.05) is 16.4 Å². The number of carbonyl (C=O) groups is 2. The second-order valence-electron chi connectivity index (χ2n) is 7.18. The minimum atomic E-state index is -0.662. The molecule has 1 N–H and O–H groups in total. The van der Waals surface area contributed by atoms with Gasteiger partial charge in [-0.3, -0.25) is 0 Å². The Hall–Kier alpha value is -2.27. The number of esters is 2. The molecule has 0 aromatic heterocycles. The Bertz CT molecular complexity index is 802. The van der Waals surface area contributed by atoms with Gasteiger partial charge in [0.2, 0.25) is 0 Å². The number of ether oxygens (including phenoxy) is 2. The van der Waals surface area contributed by atoms with E-state index >= 15 is 0 Å². The first kappa shape index (κ1) is 20.0. The van der Waals surface area contributed by atoms with Crippen molar-refractivity contribution < 1.29 is 19.1 Å². The molecule has 0 bridgehead atoms. The van der Waals surface area contributed by atoms with Crippen LogP contribution < -0.4 is 5.32 Å². The van der Waals surface area contributed by atoms with Crippen molar-refractivity contribution in [2.45, 2.75) is 46.1 Å². The molecule has 26 heavy (non-hydrogen) atoms. The number of dihydropyridines is 1. The third-order valence-corrected chi connectivity index (χ3v) is 4.20. The van der Waals surface area contributed by atoms with E-state index in [1.165, 1.54) is 7.11 Å². The summed E-state index contributed by atoms with van der Waals surface area (Å²) in [5.41, 5.74) is 2.06. The Morgan fingerprint density at radius 1 is 1.08 bits per heavy atom. The van der Waals surface area contributed by atoms with Gasteiger partial charge in [0.05, 0.1) is 24.2 Å². The molecule has 0 aliphatic carbocycles. The lowest BCUT2D eigenvalue weighted by atomic mass is 9.80. The number of allylic oxidation sites excluding steroid dienone is 2. The molecule has 1 atom stereocenters. The molecular formula is C20H24ClNO4. The van der Waals surface area contributed by atoms with Crippen molar-refractivity contribution in [1.82, 2.24) is 5.32 Å². The highest BCUT2D eigenvalue weighted by molar-refractivity contribution is 6.30. The van der Waals surface area contributed by atoms with E-state index < -0.39 is 23.5 Å². The van der Waals surface area contributed by atoms with Gasteiger partial charge in [0.25, 0.3) is 0 Å². The predicted molar refractivity (Wildman–Crippen MR) is 101 cm³/mol. The van der Waals surface area contributed by atoms with Crippen LogP contribution in [0.15, 0.2) is 46.8 Å². The van der Waals surface area contributed by atoms with E-state index in [0.717, 1.165) is 5.56 Å². The lowest BCUT2D eigenvalue weighted by Crippen LogP contribution is -2.34. The summed E-state index contributed by atoms with van der Waals surface area (Å²) < 4.78 is 10.5. The van der Waals surface area contributed by atoms with Crippen LogP contribution in [0.25, 0.3) is 0 Å². The molecule has 0 fully saturated rings. The monoisotopic (exact) mass is 377 g/mol. The molecule has 0 radical (unpaired) electrons. The molecule has 140 valence electrons. The highest BCUT2D eigenvalue weighted by atomic mass is 35.5. The van der Waals surface area contributed by atoms with E-state index in [1.807, 2.05) is 6.07 Å². The smallest absolute Gasteiger partial charge is 0.337 e. The maximum absolute atomic E-state index is 12.9. The number of halogens is 1. The van der Waals surface area contributed by atoms with Crippen LogP contribution in [-0.4, -0.2) is 24.6 Å². The summed E-state index contributed by atoms with van der Waals surface area (Å²) in [6.45, 7) is 8.96. The van der Waals surface area contributed by atoms with Gasteiger partial charge in [-0.2, -0.15) is 0 Å². The van der Waals surface area contributed by atoms with E-state index in [0.29, 0.717) is 27.6 Å². The van der Waals surface area contributed by atoms with Gasteiger partial charge in [-0.15, -0.1) is 0 Å². The SMILES string of the molecule is COC(=O)C1=C(C)NC(C)=C(C(=O)OC(C)(C)C)[C@H]1c1cccc(Cl)c1. The zero-order chi connectivity index (χ0) is 19.6. The Balaban J connectivity index is 2.65. The van der Waals surface area contributed by atoms with Crippen LogP contribution in [0.2, 0.25) is 5.02 Å². The Kier molecular flexibility index (Phi) is 5.81. The van der Waals surface area contributed by atoms with Gasteiger partial charge >= 0.3 is 11.9 Å². The molecule has 1 aliphatic heterocycles. The standard InChI is InChI=1S/C20H24ClNO4/c1-11-15(18(23)25-6)17(13-8-7-9-14(21)10-13)16(12(2)22-11)19(24)26-20(3,4)5/h7-10,17,22H,1-6H3/t17-/m0/s1. The molecule has 1 aliphatic rings. The zero-order valence-corrected chi connectivity index (χ0v) is 16.7. The summed E-state index contributed by atoms with van der Waals surface area (Å²) in [4.78, 5) is 25.4. The van der Waals surface area contributed by atoms with Crippen LogP contribution in [0.3, 0.4) is 0 Å². The summed E-state index contributed by atoms with van der Waals surface area (Å²) in [5, 5.41) is 3.62. The van der Waals surface area contributed by atoms with Gasteiger partial charge in [-0.05, 0) is 52.3 Å². The lowest BCUT2D eigenvalue weighted by molar-refractivity contribution is -0.150. The number of hydrogen-bond acceptors (Lipinski definition) is 5. The maximum Gasteiger partial charge on any atom is 0.337 e. The first-order chi connectivity index (χ1) is 12.0. The minimum absolute atomic E-state index is 0.362. The zero-order valence-electron chi connectivity index (χ0n) is 15.9. The summed E-state index contributed by atoms with van der Waals surface area (Å²) in [6.07, 6.45) is 0. The van der Waals surface area contributed by atoms with E-state index in [9.17, 15) is 9.59 Å². The molecule has 0 saturated heterocycles. The lowest BCUT2D eigenvalue weighted by Gasteiger charge is -2.32. The Labute approximate surface area is 159 Å². The fourth-order valence-corrected chi connectivity index (χ4v) is 3.20. The molecular weight excluding hydrogens is 354 g/mol. The van der Waals surface area contributed by atoms with Crippen molar-refractivity contribution in [3.8, 4) is 0 Å². The molecule has 1 heterocycles. The molecule has 5 nitrogen and oxygen atoms in total. The van der Waals surface area contributed by atoms with E-state index in [2.05, 4.69) is 5.32 Å². The minimum Gasteiger partial charge on any atom is -0.466 e. The highest BCUT2D eigenvalue weighted by Gasteiger charge is 2.38. The summed E-state index contributed by atoms with van der Waals surface area (Å²) >= 11 is 6.15. The fourth-order valence-electron chi connectivity index (χ4n) is 3.00. The van der Waals surface area contributed by atoms with Crippen molar-refractivity contribution in [1.29, 1.82) is 0 Å². The molecule has 0 saturated carbocycles. The molecule has 1 aromatic carbocycles. The van der Waals surface area contributed by atoms with Crippen molar-refractivity contribution in [2.75, 3.05) is 7.11 Å². The highest BCUT2D eigenvalue weighted by Crippen LogP contribution is 2.40.